The lowest BCUT2D eigenvalue weighted by molar-refractivity contribution is 0.0698. The average molecular weight is 438 g/mol. The van der Waals surface area contributed by atoms with Crippen molar-refractivity contribution >= 4 is 34.6 Å². The minimum atomic E-state index is -1.03. The number of aryl methyl sites for hydroxylation is 1. The highest BCUT2D eigenvalue weighted by atomic mass is 16.5. The van der Waals surface area contributed by atoms with Gasteiger partial charge >= 0.3 is 5.97 Å². The summed E-state index contributed by atoms with van der Waals surface area (Å²) in [5.41, 5.74) is 3.09. The summed E-state index contributed by atoms with van der Waals surface area (Å²) < 4.78 is 12.5. The molecule has 0 spiro atoms. The number of imidazole rings is 1. The Bertz CT molecular complexity index is 1130. The Labute approximate surface area is 185 Å². The molecule has 10 heteroatoms. The van der Waals surface area contributed by atoms with Crippen molar-refractivity contribution in [3.8, 4) is 0 Å². The van der Waals surface area contributed by atoms with E-state index in [0.717, 1.165) is 24.5 Å². The molecule has 2 fully saturated rings. The largest absolute Gasteiger partial charge is 0.478 e. The number of para-hydroxylation sites is 2. The van der Waals surface area contributed by atoms with Crippen LogP contribution in [0.3, 0.4) is 0 Å². The maximum atomic E-state index is 12.0. The van der Waals surface area contributed by atoms with Crippen LogP contribution in [0.4, 0.5) is 23.0 Å². The summed E-state index contributed by atoms with van der Waals surface area (Å²) in [5.74, 6) is 0.218. The molecule has 32 heavy (non-hydrogen) atoms. The van der Waals surface area contributed by atoms with Crippen LogP contribution in [-0.4, -0.2) is 78.3 Å². The van der Waals surface area contributed by atoms with Crippen molar-refractivity contribution < 1.29 is 19.4 Å². The van der Waals surface area contributed by atoms with E-state index in [4.69, 9.17) is 14.6 Å². The fourth-order valence-electron chi connectivity index (χ4n) is 4.15. The summed E-state index contributed by atoms with van der Waals surface area (Å²) in [7, 11) is 0. The molecule has 1 aromatic carbocycles. The molecule has 10 nitrogen and oxygen atoms in total. The number of nitrogens with one attached hydrogen (secondary N) is 1. The second-order valence-corrected chi connectivity index (χ2v) is 7.84. The second-order valence-electron chi connectivity index (χ2n) is 7.84. The fourth-order valence-corrected chi connectivity index (χ4v) is 4.15. The first-order valence-electron chi connectivity index (χ1n) is 10.8. The van der Waals surface area contributed by atoms with Crippen LogP contribution in [-0.2, 0) is 9.47 Å². The van der Waals surface area contributed by atoms with E-state index in [0.29, 0.717) is 62.5 Å². The molecular weight excluding hydrogens is 412 g/mol. The number of morpholine rings is 2. The van der Waals surface area contributed by atoms with Crippen LogP contribution in [0.15, 0.2) is 30.3 Å². The number of ether oxygens (including phenoxy) is 2. The minimum Gasteiger partial charge on any atom is -0.478 e. The van der Waals surface area contributed by atoms with E-state index in [-0.39, 0.29) is 5.56 Å². The Morgan fingerprint density at radius 3 is 2.38 bits per heavy atom. The third-order valence-corrected chi connectivity index (χ3v) is 5.82. The van der Waals surface area contributed by atoms with E-state index in [1.165, 1.54) is 0 Å². The smallest absolute Gasteiger partial charge is 0.339 e. The predicted molar refractivity (Wildman–Crippen MR) is 120 cm³/mol. The highest BCUT2D eigenvalue weighted by molar-refractivity contribution is 5.96. The van der Waals surface area contributed by atoms with Crippen molar-refractivity contribution in [2.45, 2.75) is 6.92 Å². The first-order chi connectivity index (χ1) is 15.6. The highest BCUT2D eigenvalue weighted by Gasteiger charge is 2.23. The van der Waals surface area contributed by atoms with Crippen molar-refractivity contribution in [1.29, 1.82) is 0 Å². The molecule has 2 N–H and O–H groups in total. The lowest BCUT2D eigenvalue weighted by atomic mass is 10.2. The van der Waals surface area contributed by atoms with Crippen LogP contribution in [0.2, 0.25) is 0 Å². The first-order valence-corrected chi connectivity index (χ1v) is 10.8. The van der Waals surface area contributed by atoms with Crippen LogP contribution in [0.5, 0.6) is 0 Å². The van der Waals surface area contributed by atoms with Crippen molar-refractivity contribution in [3.05, 3.63) is 41.6 Å². The molecule has 0 radical (unpaired) electrons. The molecule has 3 aromatic rings. The molecular formula is C22H26N6O4. The van der Waals surface area contributed by atoms with Gasteiger partial charge in [-0.25, -0.2) is 9.78 Å². The molecule has 2 aliphatic rings. The number of rotatable bonds is 5. The van der Waals surface area contributed by atoms with Gasteiger partial charge in [0.2, 0.25) is 0 Å². The van der Waals surface area contributed by atoms with Gasteiger partial charge in [-0.2, -0.15) is 4.52 Å². The van der Waals surface area contributed by atoms with Gasteiger partial charge in [-0.15, -0.1) is 5.10 Å². The normalized spacial score (nSPS) is 17.0. The summed E-state index contributed by atoms with van der Waals surface area (Å²) in [5, 5.41) is 18.1. The molecule has 2 saturated heterocycles. The number of benzene rings is 1. The summed E-state index contributed by atoms with van der Waals surface area (Å²) in [6, 6.07) is 9.66. The van der Waals surface area contributed by atoms with Crippen LogP contribution in [0.1, 0.15) is 16.1 Å². The highest BCUT2D eigenvalue weighted by Crippen LogP contribution is 2.32. The minimum absolute atomic E-state index is 0.124. The summed E-state index contributed by atoms with van der Waals surface area (Å²) >= 11 is 0. The maximum Gasteiger partial charge on any atom is 0.339 e. The molecule has 0 bridgehead atoms. The van der Waals surface area contributed by atoms with Gasteiger partial charge in [-0.05, 0) is 19.1 Å². The number of hydrogen-bond acceptors (Lipinski definition) is 8. The van der Waals surface area contributed by atoms with Gasteiger partial charge in [0.25, 0.3) is 0 Å². The molecule has 5 rings (SSSR count). The lowest BCUT2D eigenvalue weighted by Gasteiger charge is -2.30. The SMILES string of the molecule is Cc1nc2c(C(=O)O)cc(N3CCOCC3)nn2c1Nc1ccccc1N1CCOCC1. The number of carboxylic acid groups (broad SMARTS) is 1. The molecule has 2 aromatic heterocycles. The zero-order valence-corrected chi connectivity index (χ0v) is 18.0. The van der Waals surface area contributed by atoms with Gasteiger partial charge < -0.3 is 29.7 Å². The summed E-state index contributed by atoms with van der Waals surface area (Å²) in [4.78, 5) is 20.9. The maximum absolute atomic E-state index is 12.0. The van der Waals surface area contributed by atoms with E-state index in [2.05, 4.69) is 21.3 Å². The molecule has 0 atom stereocenters. The lowest BCUT2D eigenvalue weighted by Crippen LogP contribution is -2.37. The van der Waals surface area contributed by atoms with E-state index >= 15 is 0 Å². The topological polar surface area (TPSA) is 104 Å². The number of aromatic nitrogens is 3. The molecule has 0 unspecified atom stereocenters. The standard InChI is InChI=1S/C22H26N6O4/c1-15-20(24-17-4-2-3-5-18(17)26-6-10-31-11-7-26)28-21(23-15)16(22(29)30)14-19(25-28)27-8-12-32-13-9-27/h2-5,14,24H,6-13H2,1H3,(H,29,30). The Morgan fingerprint density at radius 2 is 1.69 bits per heavy atom. The third-order valence-electron chi connectivity index (χ3n) is 5.82. The van der Waals surface area contributed by atoms with Crippen LogP contribution >= 0.6 is 0 Å². The zero-order valence-electron chi connectivity index (χ0n) is 18.0. The quantitative estimate of drug-likeness (QED) is 0.620. The molecule has 2 aliphatic heterocycles. The van der Waals surface area contributed by atoms with Crippen LogP contribution < -0.4 is 15.1 Å². The van der Waals surface area contributed by atoms with Gasteiger partial charge in [0.15, 0.2) is 17.3 Å². The summed E-state index contributed by atoms with van der Waals surface area (Å²) in [6.45, 7) is 7.36. The Kier molecular flexibility index (Phi) is 5.54. The van der Waals surface area contributed by atoms with Gasteiger partial charge in [0.1, 0.15) is 5.56 Å². The molecule has 4 heterocycles. The average Bonchev–Trinajstić information content (AvgIpc) is 3.14. The third kappa shape index (κ3) is 3.82. The molecule has 0 aliphatic carbocycles. The summed E-state index contributed by atoms with van der Waals surface area (Å²) in [6.07, 6.45) is 0. The van der Waals surface area contributed by atoms with Gasteiger partial charge in [0.05, 0.1) is 43.5 Å². The zero-order chi connectivity index (χ0) is 22.1. The first kappa shape index (κ1) is 20.5. The number of anilines is 4. The van der Waals surface area contributed by atoms with Crippen LogP contribution in [0.25, 0.3) is 5.65 Å². The molecule has 168 valence electrons. The number of carbonyl (C=O) groups is 1. The predicted octanol–water partition coefficient (Wildman–Crippen LogP) is 2.15. The van der Waals surface area contributed by atoms with Crippen molar-refractivity contribution in [1.82, 2.24) is 14.6 Å². The number of carboxylic acids is 1. The van der Waals surface area contributed by atoms with Crippen molar-refractivity contribution in [2.75, 3.05) is 67.7 Å². The van der Waals surface area contributed by atoms with E-state index in [1.54, 1.807) is 10.6 Å². The monoisotopic (exact) mass is 438 g/mol. The van der Waals surface area contributed by atoms with E-state index < -0.39 is 5.97 Å². The Balaban J connectivity index is 1.58. The van der Waals surface area contributed by atoms with E-state index in [1.807, 2.05) is 30.0 Å². The van der Waals surface area contributed by atoms with Crippen molar-refractivity contribution in [3.63, 3.8) is 0 Å². The van der Waals surface area contributed by atoms with E-state index in [9.17, 15) is 9.90 Å². The second kappa shape index (κ2) is 8.64. The van der Waals surface area contributed by atoms with Gasteiger partial charge in [-0.3, -0.25) is 0 Å². The molecule has 0 saturated carbocycles. The van der Waals surface area contributed by atoms with Crippen LogP contribution in [0, 0.1) is 6.92 Å². The van der Waals surface area contributed by atoms with Gasteiger partial charge in [-0.1, -0.05) is 12.1 Å². The Hall–Kier alpha value is -3.37. The number of fused-ring (bicyclic) bond motifs is 1. The Morgan fingerprint density at radius 1 is 1.03 bits per heavy atom. The number of aromatic carboxylic acids is 1. The molecule has 0 amide bonds. The van der Waals surface area contributed by atoms with Crippen molar-refractivity contribution in [2.24, 2.45) is 0 Å². The number of hydrogen-bond donors (Lipinski definition) is 2. The fraction of sp³-hybridized carbons (Fsp3) is 0.409. The number of nitrogens with zero attached hydrogens (tertiary/aromatic N) is 5. The van der Waals surface area contributed by atoms with Gasteiger partial charge in [0, 0.05) is 32.2 Å².